The number of hydrogen-bond donors (Lipinski definition) is 1. The second-order valence-electron chi connectivity index (χ2n) is 8.20. The lowest BCUT2D eigenvalue weighted by Gasteiger charge is -2.31. The lowest BCUT2D eigenvalue weighted by Crippen LogP contribution is -2.40. The summed E-state index contributed by atoms with van der Waals surface area (Å²) in [6.45, 7) is 6.19. The van der Waals surface area contributed by atoms with Gasteiger partial charge in [0, 0.05) is 30.4 Å². The first-order valence-corrected chi connectivity index (χ1v) is 10.3. The first-order chi connectivity index (χ1) is 12.5. The molecule has 2 aromatic heterocycles. The van der Waals surface area contributed by atoms with E-state index in [1.807, 2.05) is 17.3 Å². The molecular formula is C20H26N4OS. The normalized spacial score (nSPS) is 19.8. The van der Waals surface area contributed by atoms with Crippen molar-refractivity contribution in [2.75, 3.05) is 18.4 Å². The molecule has 4 rings (SSSR count). The molecule has 0 bridgehead atoms. The average molecular weight is 371 g/mol. The predicted octanol–water partition coefficient (Wildman–Crippen LogP) is 4.46. The minimum atomic E-state index is -0.0106. The number of aromatic nitrogens is 2. The maximum absolute atomic E-state index is 12.6. The van der Waals surface area contributed by atoms with Crippen molar-refractivity contribution in [3.05, 3.63) is 40.7 Å². The Kier molecular flexibility index (Phi) is 4.69. The van der Waals surface area contributed by atoms with Crippen molar-refractivity contribution in [2.45, 2.75) is 51.9 Å². The fourth-order valence-corrected chi connectivity index (χ4v) is 5.23. The standard InChI is InChI=1S/C20H26N4OS/c1-20(2)8-3-16-17(13-20)26-18(22-16)23-19(25)24-11-6-15(7-12-24)14-4-9-21-10-5-14/h4-5,9-10,15H,3,6-8,11-13H2,1-2H3,(H,22,23,25). The Bertz CT molecular complexity index is 778. The predicted molar refractivity (Wildman–Crippen MR) is 105 cm³/mol. The Morgan fingerprint density at radius 3 is 2.73 bits per heavy atom. The molecule has 0 aromatic carbocycles. The smallest absolute Gasteiger partial charge is 0.323 e. The van der Waals surface area contributed by atoms with Crippen molar-refractivity contribution >= 4 is 22.5 Å². The van der Waals surface area contributed by atoms with Crippen molar-refractivity contribution in [1.82, 2.24) is 14.9 Å². The van der Waals surface area contributed by atoms with Gasteiger partial charge < -0.3 is 4.90 Å². The third-order valence-corrected chi connectivity index (χ3v) is 6.64. The van der Waals surface area contributed by atoms with Crippen molar-refractivity contribution in [1.29, 1.82) is 0 Å². The molecule has 2 aromatic rings. The molecule has 0 saturated carbocycles. The van der Waals surface area contributed by atoms with Crippen LogP contribution in [0.5, 0.6) is 0 Å². The third kappa shape index (κ3) is 3.75. The van der Waals surface area contributed by atoms with E-state index in [0.717, 1.165) is 43.9 Å². The average Bonchev–Trinajstić information content (AvgIpc) is 3.02. The number of amides is 2. The first-order valence-electron chi connectivity index (χ1n) is 9.45. The van der Waals surface area contributed by atoms with Crippen LogP contribution in [0.15, 0.2) is 24.5 Å². The number of likely N-dealkylation sites (tertiary alicyclic amines) is 1. The van der Waals surface area contributed by atoms with Gasteiger partial charge in [-0.3, -0.25) is 10.3 Å². The van der Waals surface area contributed by atoms with Gasteiger partial charge in [0.15, 0.2) is 5.13 Å². The van der Waals surface area contributed by atoms with E-state index in [1.165, 1.54) is 22.6 Å². The Hall–Kier alpha value is -1.95. The van der Waals surface area contributed by atoms with Gasteiger partial charge in [0.25, 0.3) is 0 Å². The highest BCUT2D eigenvalue weighted by Gasteiger charge is 2.29. The molecule has 1 aliphatic carbocycles. The van der Waals surface area contributed by atoms with Crippen LogP contribution in [0, 0.1) is 5.41 Å². The van der Waals surface area contributed by atoms with E-state index in [1.54, 1.807) is 11.3 Å². The molecule has 0 radical (unpaired) electrons. The van der Waals surface area contributed by atoms with Crippen LogP contribution >= 0.6 is 11.3 Å². The summed E-state index contributed by atoms with van der Waals surface area (Å²) in [5, 5.41) is 3.79. The number of hydrogen-bond acceptors (Lipinski definition) is 4. The highest BCUT2D eigenvalue weighted by Crippen LogP contribution is 2.38. The quantitative estimate of drug-likeness (QED) is 0.849. The molecular weight excluding hydrogens is 344 g/mol. The largest absolute Gasteiger partial charge is 0.324 e. The number of carbonyl (C=O) groups excluding carboxylic acids is 1. The van der Waals surface area contributed by atoms with Crippen LogP contribution < -0.4 is 5.32 Å². The maximum Gasteiger partial charge on any atom is 0.323 e. The number of aryl methyl sites for hydroxylation is 1. The van der Waals surface area contributed by atoms with Gasteiger partial charge in [0.2, 0.25) is 0 Å². The zero-order chi connectivity index (χ0) is 18.1. The third-order valence-electron chi connectivity index (χ3n) is 5.63. The van der Waals surface area contributed by atoms with Gasteiger partial charge in [-0.15, -0.1) is 11.3 Å². The van der Waals surface area contributed by atoms with Gasteiger partial charge in [-0.1, -0.05) is 13.8 Å². The van der Waals surface area contributed by atoms with Crippen molar-refractivity contribution in [3.63, 3.8) is 0 Å². The molecule has 0 spiro atoms. The fraction of sp³-hybridized carbons (Fsp3) is 0.550. The van der Waals surface area contributed by atoms with Gasteiger partial charge in [-0.2, -0.15) is 0 Å². The molecule has 2 aliphatic rings. The topological polar surface area (TPSA) is 58.1 Å². The summed E-state index contributed by atoms with van der Waals surface area (Å²) in [6.07, 6.45) is 8.94. The SMILES string of the molecule is CC1(C)CCc2nc(NC(=O)N3CCC(c4ccncc4)CC3)sc2C1. The van der Waals surface area contributed by atoms with E-state index in [4.69, 9.17) is 0 Å². The Morgan fingerprint density at radius 1 is 1.27 bits per heavy atom. The molecule has 26 heavy (non-hydrogen) atoms. The number of rotatable bonds is 2. The number of pyridine rings is 1. The molecule has 1 fully saturated rings. The summed E-state index contributed by atoms with van der Waals surface area (Å²) in [5.41, 5.74) is 2.85. The number of thiazole rings is 1. The van der Waals surface area contributed by atoms with E-state index in [2.05, 4.69) is 41.3 Å². The second-order valence-corrected chi connectivity index (χ2v) is 9.29. The summed E-state index contributed by atoms with van der Waals surface area (Å²) >= 11 is 1.65. The Labute approximate surface area is 158 Å². The molecule has 1 saturated heterocycles. The molecule has 5 nitrogen and oxygen atoms in total. The van der Waals surface area contributed by atoms with E-state index < -0.39 is 0 Å². The second kappa shape index (κ2) is 6.99. The van der Waals surface area contributed by atoms with Crippen LogP contribution in [0.2, 0.25) is 0 Å². The zero-order valence-electron chi connectivity index (χ0n) is 15.5. The number of urea groups is 1. The van der Waals surface area contributed by atoms with Crippen LogP contribution in [0.25, 0.3) is 0 Å². The van der Waals surface area contributed by atoms with Crippen LogP contribution in [0.4, 0.5) is 9.93 Å². The summed E-state index contributed by atoms with van der Waals surface area (Å²) in [5.74, 6) is 0.524. The van der Waals surface area contributed by atoms with Crippen molar-refractivity contribution < 1.29 is 4.79 Å². The zero-order valence-corrected chi connectivity index (χ0v) is 16.3. The minimum Gasteiger partial charge on any atom is -0.324 e. The number of nitrogens with one attached hydrogen (secondary N) is 1. The van der Waals surface area contributed by atoms with Gasteiger partial charge in [0.05, 0.1) is 5.69 Å². The summed E-state index contributed by atoms with van der Waals surface area (Å²) in [7, 11) is 0. The molecule has 6 heteroatoms. The fourth-order valence-electron chi connectivity index (χ4n) is 3.97. The minimum absolute atomic E-state index is 0.0106. The number of nitrogens with zero attached hydrogens (tertiary/aromatic N) is 3. The van der Waals surface area contributed by atoms with Gasteiger partial charge in [0.1, 0.15) is 0 Å². The van der Waals surface area contributed by atoms with Crippen LogP contribution in [-0.4, -0.2) is 34.0 Å². The Balaban J connectivity index is 1.34. The van der Waals surface area contributed by atoms with Crippen molar-refractivity contribution in [3.8, 4) is 0 Å². The van der Waals surface area contributed by atoms with Gasteiger partial charge in [-0.25, -0.2) is 9.78 Å². The van der Waals surface area contributed by atoms with E-state index in [0.29, 0.717) is 11.3 Å². The lowest BCUT2D eigenvalue weighted by molar-refractivity contribution is 0.194. The monoisotopic (exact) mass is 370 g/mol. The van der Waals surface area contributed by atoms with Crippen molar-refractivity contribution in [2.24, 2.45) is 5.41 Å². The maximum atomic E-state index is 12.6. The molecule has 1 N–H and O–H groups in total. The molecule has 0 unspecified atom stereocenters. The van der Waals surface area contributed by atoms with Crippen LogP contribution in [0.3, 0.4) is 0 Å². The summed E-state index contributed by atoms with van der Waals surface area (Å²) in [4.78, 5) is 24.6. The molecule has 1 aliphatic heterocycles. The number of fused-ring (bicyclic) bond motifs is 1. The highest BCUT2D eigenvalue weighted by molar-refractivity contribution is 7.15. The van der Waals surface area contributed by atoms with Gasteiger partial charge in [-0.05, 0) is 61.1 Å². The van der Waals surface area contributed by atoms with E-state index in [-0.39, 0.29) is 6.03 Å². The number of piperidine rings is 1. The van der Waals surface area contributed by atoms with E-state index >= 15 is 0 Å². The molecule has 0 atom stereocenters. The van der Waals surface area contributed by atoms with Crippen LogP contribution in [-0.2, 0) is 12.8 Å². The number of carbonyl (C=O) groups is 1. The highest BCUT2D eigenvalue weighted by atomic mass is 32.1. The molecule has 3 heterocycles. The lowest BCUT2D eigenvalue weighted by atomic mass is 9.79. The molecule has 138 valence electrons. The number of anilines is 1. The summed E-state index contributed by atoms with van der Waals surface area (Å²) < 4.78 is 0. The van der Waals surface area contributed by atoms with Crippen LogP contribution in [0.1, 0.15) is 55.2 Å². The molecule has 2 amide bonds. The van der Waals surface area contributed by atoms with Gasteiger partial charge >= 0.3 is 6.03 Å². The van der Waals surface area contributed by atoms with E-state index in [9.17, 15) is 4.79 Å². The first kappa shape index (κ1) is 17.5. The summed E-state index contributed by atoms with van der Waals surface area (Å²) in [6, 6.07) is 4.16. The Morgan fingerprint density at radius 2 is 2.00 bits per heavy atom.